The summed E-state index contributed by atoms with van der Waals surface area (Å²) < 4.78 is 34.6. The highest BCUT2D eigenvalue weighted by Gasteiger charge is 2.27. The molecule has 2 heterocycles. The summed E-state index contributed by atoms with van der Waals surface area (Å²) in [7, 11) is -3.58. The second-order valence-electron chi connectivity index (χ2n) is 7.23. The minimum Gasteiger partial charge on any atom is -0.379 e. The summed E-state index contributed by atoms with van der Waals surface area (Å²) in [5.41, 5.74) is 1.47. The van der Waals surface area contributed by atoms with E-state index < -0.39 is 10.0 Å². The van der Waals surface area contributed by atoms with E-state index in [4.69, 9.17) is 4.74 Å². The largest absolute Gasteiger partial charge is 0.379 e. The number of sulfonamides is 1. The van der Waals surface area contributed by atoms with Gasteiger partial charge in [-0.2, -0.15) is 4.31 Å². The first-order valence-corrected chi connectivity index (χ1v) is 12.1. The number of ether oxygens (including phenoxy) is 1. The molecule has 29 heavy (non-hydrogen) atoms. The van der Waals surface area contributed by atoms with Crippen molar-refractivity contribution in [3.05, 3.63) is 18.2 Å². The Kier molecular flexibility index (Phi) is 6.87. The molecule has 1 aliphatic rings. The molecule has 2 aromatic rings. The fourth-order valence-electron chi connectivity index (χ4n) is 3.19. The smallest absolute Gasteiger partial charge is 0.243 e. The number of amides is 1. The van der Waals surface area contributed by atoms with Gasteiger partial charge in [-0.3, -0.25) is 4.79 Å². The van der Waals surface area contributed by atoms with Gasteiger partial charge in [-0.1, -0.05) is 11.8 Å². The van der Waals surface area contributed by atoms with Crippen LogP contribution in [0, 0.1) is 0 Å². The van der Waals surface area contributed by atoms with Gasteiger partial charge in [0.25, 0.3) is 0 Å². The van der Waals surface area contributed by atoms with Crippen molar-refractivity contribution < 1.29 is 17.9 Å². The van der Waals surface area contributed by atoms with Gasteiger partial charge in [-0.05, 0) is 45.9 Å². The molecule has 1 N–H and O–H groups in total. The maximum absolute atomic E-state index is 12.9. The van der Waals surface area contributed by atoms with E-state index in [-0.39, 0.29) is 22.1 Å². The molecule has 0 radical (unpaired) electrons. The first-order valence-electron chi connectivity index (χ1n) is 9.79. The molecule has 10 heteroatoms. The van der Waals surface area contributed by atoms with Crippen molar-refractivity contribution in [2.24, 2.45) is 0 Å². The maximum Gasteiger partial charge on any atom is 0.243 e. The number of aromatic nitrogens is 2. The van der Waals surface area contributed by atoms with Crippen LogP contribution in [0.3, 0.4) is 0 Å². The maximum atomic E-state index is 12.9. The van der Waals surface area contributed by atoms with Crippen LogP contribution in [0.5, 0.6) is 0 Å². The number of hydrogen-bond donors (Lipinski definition) is 1. The van der Waals surface area contributed by atoms with Crippen molar-refractivity contribution in [2.75, 3.05) is 26.3 Å². The lowest BCUT2D eigenvalue weighted by atomic mass is 10.3. The van der Waals surface area contributed by atoms with Gasteiger partial charge in [0.05, 0.1) is 34.4 Å². The molecule has 8 nitrogen and oxygen atoms in total. The van der Waals surface area contributed by atoms with Crippen LogP contribution in [0.15, 0.2) is 28.3 Å². The average molecular weight is 441 g/mol. The van der Waals surface area contributed by atoms with Crippen LogP contribution < -0.4 is 5.32 Å². The second-order valence-corrected chi connectivity index (χ2v) is 10.5. The molecule has 0 saturated carbocycles. The molecule has 1 saturated heterocycles. The summed E-state index contributed by atoms with van der Waals surface area (Å²) in [6.07, 6.45) is 0. The van der Waals surface area contributed by atoms with Crippen LogP contribution in [0.2, 0.25) is 0 Å². The van der Waals surface area contributed by atoms with E-state index in [0.29, 0.717) is 43.5 Å². The standard InChI is InChI=1S/C19H28N4O4S2/c1-5-23-17-7-6-15(29(25,26)22-8-10-27-11-9-22)12-16(17)21-19(23)28-14(4)18(24)20-13(2)3/h6-7,12-14H,5,8-11H2,1-4H3,(H,20,24). The van der Waals surface area contributed by atoms with Crippen molar-refractivity contribution >= 4 is 38.7 Å². The topological polar surface area (TPSA) is 93.5 Å². The third-order valence-corrected chi connectivity index (χ3v) is 7.68. The average Bonchev–Trinajstić information content (AvgIpc) is 3.04. The minimum absolute atomic E-state index is 0.0460. The molecular formula is C19H28N4O4S2. The molecular weight excluding hydrogens is 412 g/mol. The van der Waals surface area contributed by atoms with Crippen LogP contribution in [0.25, 0.3) is 11.0 Å². The van der Waals surface area contributed by atoms with Crippen LogP contribution in [0.4, 0.5) is 0 Å². The molecule has 0 spiro atoms. The van der Waals surface area contributed by atoms with E-state index in [0.717, 1.165) is 5.52 Å². The summed E-state index contributed by atoms with van der Waals surface area (Å²) in [4.78, 5) is 17.1. The van der Waals surface area contributed by atoms with Gasteiger partial charge in [0.1, 0.15) is 0 Å². The van der Waals surface area contributed by atoms with Gasteiger partial charge >= 0.3 is 0 Å². The van der Waals surface area contributed by atoms with Crippen LogP contribution in [0.1, 0.15) is 27.7 Å². The zero-order valence-corrected chi connectivity index (χ0v) is 18.8. The number of carbonyl (C=O) groups is 1. The summed E-state index contributed by atoms with van der Waals surface area (Å²) in [5, 5.41) is 3.30. The summed E-state index contributed by atoms with van der Waals surface area (Å²) in [6.45, 7) is 9.89. The van der Waals surface area contributed by atoms with Gasteiger partial charge in [0.2, 0.25) is 15.9 Å². The molecule has 1 aromatic carbocycles. The highest BCUT2D eigenvalue weighted by Crippen LogP contribution is 2.29. The molecule has 160 valence electrons. The quantitative estimate of drug-likeness (QED) is 0.663. The fraction of sp³-hybridized carbons (Fsp3) is 0.579. The molecule has 1 unspecified atom stereocenters. The highest BCUT2D eigenvalue weighted by molar-refractivity contribution is 8.00. The van der Waals surface area contributed by atoms with E-state index in [1.165, 1.54) is 16.1 Å². The second kappa shape index (κ2) is 9.03. The van der Waals surface area contributed by atoms with Gasteiger partial charge in [0.15, 0.2) is 5.16 Å². The third kappa shape index (κ3) is 4.76. The SMILES string of the molecule is CCn1c(SC(C)C(=O)NC(C)C)nc2cc(S(=O)(=O)N3CCOCC3)ccc21. The number of morpholine rings is 1. The van der Waals surface area contributed by atoms with Crippen LogP contribution in [-0.4, -0.2) is 65.8 Å². The Bertz CT molecular complexity index is 982. The van der Waals surface area contributed by atoms with Gasteiger partial charge in [-0.15, -0.1) is 0 Å². The fourth-order valence-corrected chi connectivity index (χ4v) is 5.62. The van der Waals surface area contributed by atoms with Crippen LogP contribution in [-0.2, 0) is 26.1 Å². The monoisotopic (exact) mass is 440 g/mol. The van der Waals surface area contributed by atoms with Gasteiger partial charge in [-0.25, -0.2) is 13.4 Å². The van der Waals surface area contributed by atoms with E-state index >= 15 is 0 Å². The molecule has 3 rings (SSSR count). The Morgan fingerprint density at radius 1 is 1.28 bits per heavy atom. The number of aryl methyl sites for hydroxylation is 1. The lowest BCUT2D eigenvalue weighted by molar-refractivity contribution is -0.120. The van der Waals surface area contributed by atoms with Crippen molar-refractivity contribution in [3.63, 3.8) is 0 Å². The first-order chi connectivity index (χ1) is 13.7. The van der Waals surface area contributed by atoms with Crippen molar-refractivity contribution in [3.8, 4) is 0 Å². The van der Waals surface area contributed by atoms with Gasteiger partial charge < -0.3 is 14.6 Å². The predicted molar refractivity (Wildman–Crippen MR) is 114 cm³/mol. The minimum atomic E-state index is -3.58. The highest BCUT2D eigenvalue weighted by atomic mass is 32.2. The zero-order chi connectivity index (χ0) is 21.2. The normalized spacial score (nSPS) is 17.0. The number of hydrogen-bond acceptors (Lipinski definition) is 6. The van der Waals surface area contributed by atoms with Crippen molar-refractivity contribution in [2.45, 2.75) is 55.6 Å². The predicted octanol–water partition coefficient (Wildman–Crippen LogP) is 2.08. The number of carbonyl (C=O) groups excluding carboxylic acids is 1. The lowest BCUT2D eigenvalue weighted by Crippen LogP contribution is -2.40. The molecule has 1 aromatic heterocycles. The number of benzene rings is 1. The Morgan fingerprint density at radius 2 is 1.97 bits per heavy atom. The van der Waals surface area contributed by atoms with E-state index in [2.05, 4.69) is 10.3 Å². The third-order valence-electron chi connectivity index (χ3n) is 4.69. The van der Waals surface area contributed by atoms with Gasteiger partial charge in [0, 0.05) is 25.7 Å². The molecule has 0 aliphatic carbocycles. The number of rotatable bonds is 7. The number of nitrogens with one attached hydrogen (secondary N) is 1. The Labute approximate surface area is 176 Å². The Balaban J connectivity index is 1.91. The van der Waals surface area contributed by atoms with Crippen LogP contribution >= 0.6 is 11.8 Å². The van der Waals surface area contributed by atoms with Crippen molar-refractivity contribution in [1.82, 2.24) is 19.2 Å². The molecule has 1 aliphatic heterocycles. The van der Waals surface area contributed by atoms with E-state index in [9.17, 15) is 13.2 Å². The number of thioether (sulfide) groups is 1. The zero-order valence-electron chi connectivity index (χ0n) is 17.2. The lowest BCUT2D eigenvalue weighted by Gasteiger charge is -2.26. The molecule has 0 bridgehead atoms. The summed E-state index contributed by atoms with van der Waals surface area (Å²) >= 11 is 1.38. The van der Waals surface area contributed by atoms with E-state index in [1.807, 2.05) is 32.3 Å². The molecule has 1 atom stereocenters. The summed E-state index contributed by atoms with van der Waals surface area (Å²) in [5.74, 6) is -0.0460. The first kappa shape index (κ1) is 22.1. The molecule has 1 fully saturated rings. The number of imidazole rings is 1. The van der Waals surface area contributed by atoms with Crippen molar-refractivity contribution in [1.29, 1.82) is 0 Å². The Hall–Kier alpha value is -1.62. The number of fused-ring (bicyclic) bond motifs is 1. The number of nitrogens with zero attached hydrogens (tertiary/aromatic N) is 3. The van der Waals surface area contributed by atoms with E-state index in [1.54, 1.807) is 18.2 Å². The Morgan fingerprint density at radius 3 is 2.59 bits per heavy atom. The summed E-state index contributed by atoms with van der Waals surface area (Å²) in [6, 6.07) is 5.12. The molecule has 1 amide bonds.